The third-order valence-electron chi connectivity index (χ3n) is 3.84. The van der Waals surface area contributed by atoms with Crippen molar-refractivity contribution in [1.29, 1.82) is 0 Å². The fourth-order valence-electron chi connectivity index (χ4n) is 2.46. The van der Waals surface area contributed by atoms with Crippen LogP contribution in [0.5, 0.6) is 5.75 Å². The first kappa shape index (κ1) is 20.4. The quantitative estimate of drug-likeness (QED) is 0.572. The minimum atomic E-state index is -3.84. The lowest BCUT2D eigenvalue weighted by atomic mass is 10.1. The highest BCUT2D eigenvalue weighted by molar-refractivity contribution is 7.91. The number of hydrogen-bond acceptors (Lipinski definition) is 6. The van der Waals surface area contributed by atoms with Crippen molar-refractivity contribution < 1.29 is 27.5 Å². The van der Waals surface area contributed by atoms with Crippen LogP contribution in [-0.2, 0) is 24.2 Å². The minimum absolute atomic E-state index is 0.0541. The summed E-state index contributed by atoms with van der Waals surface area (Å²) in [7, 11) is -2.35. The Balaban J connectivity index is 2.31. The Bertz CT molecular complexity index is 878. The monoisotopic (exact) mass is 391 g/mol. The molecule has 2 aromatic rings. The van der Waals surface area contributed by atoms with E-state index in [-0.39, 0.29) is 18.0 Å². The summed E-state index contributed by atoms with van der Waals surface area (Å²) >= 11 is 0. The summed E-state index contributed by atoms with van der Waals surface area (Å²) in [5, 5.41) is 1.28. The van der Waals surface area contributed by atoms with Crippen LogP contribution in [-0.4, -0.2) is 40.6 Å². The summed E-state index contributed by atoms with van der Waals surface area (Å²) in [6.07, 6.45) is 0. The Hall–Kier alpha value is -2.87. The van der Waals surface area contributed by atoms with Crippen molar-refractivity contribution in [3.63, 3.8) is 0 Å². The molecule has 2 rings (SSSR count). The molecule has 0 aliphatic carbocycles. The second-order valence-corrected chi connectivity index (χ2v) is 7.68. The third kappa shape index (κ3) is 5.07. The van der Waals surface area contributed by atoms with E-state index in [4.69, 9.17) is 4.74 Å². The summed E-state index contributed by atoms with van der Waals surface area (Å²) < 4.78 is 35.9. The van der Waals surface area contributed by atoms with Crippen LogP contribution in [0.4, 0.5) is 0 Å². The molecular weight excluding hydrogens is 370 g/mol. The maximum absolute atomic E-state index is 13.1. The van der Waals surface area contributed by atoms with E-state index in [9.17, 15) is 18.0 Å². The van der Waals surface area contributed by atoms with Gasteiger partial charge in [0.05, 0.1) is 18.6 Å². The normalized spacial score (nSPS) is 12.1. The summed E-state index contributed by atoms with van der Waals surface area (Å²) in [4.78, 5) is 23.4. The molecule has 0 radical (unpaired) electrons. The minimum Gasteiger partial charge on any atom is -0.497 e. The lowest BCUT2D eigenvalue weighted by Gasteiger charge is -2.19. The molecule has 1 atom stereocenters. The molecule has 1 N–H and O–H groups in total. The molecule has 0 bridgehead atoms. The van der Waals surface area contributed by atoms with Gasteiger partial charge in [0.15, 0.2) is 9.84 Å². The number of carbonyl (C=O) groups excluding carboxylic acids is 2. The van der Waals surface area contributed by atoms with Gasteiger partial charge in [0.1, 0.15) is 11.0 Å². The van der Waals surface area contributed by atoms with E-state index in [0.29, 0.717) is 11.3 Å². The summed E-state index contributed by atoms with van der Waals surface area (Å²) in [5.74, 6) is -1.50. The van der Waals surface area contributed by atoms with Gasteiger partial charge in [0.25, 0.3) is 0 Å². The Morgan fingerprint density at radius 3 is 2.22 bits per heavy atom. The zero-order chi connectivity index (χ0) is 19.9. The predicted molar refractivity (Wildman–Crippen MR) is 99.0 cm³/mol. The first-order valence-electron chi connectivity index (χ1n) is 8.28. The Kier molecular flexibility index (Phi) is 6.95. The van der Waals surface area contributed by atoms with Crippen molar-refractivity contribution in [2.24, 2.45) is 0 Å². The van der Waals surface area contributed by atoms with Crippen molar-refractivity contribution in [2.75, 3.05) is 20.3 Å². The number of hydrogen-bond donors (Lipinski definition) is 1. The first-order valence-corrected chi connectivity index (χ1v) is 9.82. The lowest BCUT2D eigenvalue weighted by molar-refractivity contribution is -0.154. The van der Waals surface area contributed by atoms with E-state index < -0.39 is 27.0 Å². The standard InChI is InChI=1S/C19H21NO6S/c1-3-26-19(22)18(21)20-13-17(14-7-5-4-6-8-14)27(23,24)16-11-9-15(25-2)10-12-16/h4-12,17H,3,13H2,1-2H3,(H,20,21). The van der Waals surface area contributed by atoms with Crippen LogP contribution >= 0.6 is 0 Å². The highest BCUT2D eigenvalue weighted by Crippen LogP contribution is 2.29. The summed E-state index contributed by atoms with van der Waals surface area (Å²) in [5.41, 5.74) is 0.498. The second-order valence-electron chi connectivity index (χ2n) is 5.55. The van der Waals surface area contributed by atoms with Crippen LogP contribution in [0.1, 0.15) is 17.7 Å². The van der Waals surface area contributed by atoms with Crippen molar-refractivity contribution in [2.45, 2.75) is 17.1 Å². The van der Waals surface area contributed by atoms with Crippen molar-refractivity contribution in [3.05, 3.63) is 60.2 Å². The number of benzene rings is 2. The lowest BCUT2D eigenvalue weighted by Crippen LogP contribution is -2.37. The average molecular weight is 391 g/mol. The van der Waals surface area contributed by atoms with Crippen LogP contribution in [0.25, 0.3) is 0 Å². The van der Waals surface area contributed by atoms with Crippen LogP contribution < -0.4 is 10.1 Å². The molecule has 0 aliphatic rings. The number of ether oxygens (including phenoxy) is 2. The highest BCUT2D eigenvalue weighted by atomic mass is 32.2. The largest absolute Gasteiger partial charge is 0.497 e. The number of sulfone groups is 1. The molecule has 144 valence electrons. The molecule has 27 heavy (non-hydrogen) atoms. The fraction of sp³-hybridized carbons (Fsp3) is 0.263. The van der Waals surface area contributed by atoms with Crippen LogP contribution in [0.15, 0.2) is 59.5 Å². The number of esters is 1. The molecule has 0 aromatic heterocycles. The zero-order valence-electron chi connectivity index (χ0n) is 15.0. The molecule has 7 nitrogen and oxygen atoms in total. The summed E-state index contributed by atoms with van der Waals surface area (Å²) in [6.45, 7) is 1.36. The molecule has 1 unspecified atom stereocenters. The zero-order valence-corrected chi connectivity index (χ0v) is 15.9. The molecule has 0 aliphatic heterocycles. The predicted octanol–water partition coefficient (Wildman–Crippen LogP) is 1.89. The van der Waals surface area contributed by atoms with Crippen LogP contribution in [0.2, 0.25) is 0 Å². The van der Waals surface area contributed by atoms with Gasteiger partial charge >= 0.3 is 11.9 Å². The molecular formula is C19H21NO6S. The Labute approximate surface area is 158 Å². The fourth-order valence-corrected chi connectivity index (χ4v) is 4.12. The second kappa shape index (κ2) is 9.18. The number of rotatable bonds is 7. The molecule has 0 saturated heterocycles. The van der Waals surface area contributed by atoms with E-state index in [1.807, 2.05) is 0 Å². The van der Waals surface area contributed by atoms with Gasteiger partial charge in [-0.3, -0.25) is 4.79 Å². The van der Waals surface area contributed by atoms with E-state index in [1.54, 1.807) is 49.4 Å². The number of nitrogens with one attached hydrogen (secondary N) is 1. The molecule has 8 heteroatoms. The Morgan fingerprint density at radius 2 is 1.67 bits per heavy atom. The van der Waals surface area contributed by atoms with Crippen LogP contribution in [0, 0.1) is 0 Å². The number of carbonyl (C=O) groups is 2. The van der Waals surface area contributed by atoms with Gasteiger partial charge in [-0.15, -0.1) is 0 Å². The van der Waals surface area contributed by atoms with Gasteiger partial charge < -0.3 is 14.8 Å². The van der Waals surface area contributed by atoms with E-state index in [2.05, 4.69) is 10.1 Å². The van der Waals surface area contributed by atoms with Gasteiger partial charge in [-0.2, -0.15) is 0 Å². The smallest absolute Gasteiger partial charge is 0.396 e. The Morgan fingerprint density at radius 1 is 1.04 bits per heavy atom. The van der Waals surface area contributed by atoms with E-state index in [0.717, 1.165) is 0 Å². The van der Waals surface area contributed by atoms with Crippen molar-refractivity contribution in [1.82, 2.24) is 5.32 Å². The molecule has 0 fully saturated rings. The SMILES string of the molecule is CCOC(=O)C(=O)NCC(c1ccccc1)S(=O)(=O)c1ccc(OC)cc1. The molecule has 2 aromatic carbocycles. The van der Waals surface area contributed by atoms with Gasteiger partial charge in [0, 0.05) is 6.54 Å². The molecule has 0 heterocycles. The van der Waals surface area contributed by atoms with Gasteiger partial charge in [-0.1, -0.05) is 30.3 Å². The number of methoxy groups -OCH3 is 1. The van der Waals surface area contributed by atoms with Gasteiger partial charge in [-0.05, 0) is 36.8 Å². The topological polar surface area (TPSA) is 98.8 Å². The highest BCUT2D eigenvalue weighted by Gasteiger charge is 2.30. The maximum atomic E-state index is 13.1. The van der Waals surface area contributed by atoms with Crippen molar-refractivity contribution in [3.8, 4) is 5.75 Å². The average Bonchev–Trinajstić information content (AvgIpc) is 2.68. The van der Waals surface area contributed by atoms with Crippen molar-refractivity contribution >= 4 is 21.7 Å². The third-order valence-corrected chi connectivity index (χ3v) is 5.96. The molecule has 0 spiro atoms. The maximum Gasteiger partial charge on any atom is 0.396 e. The van der Waals surface area contributed by atoms with E-state index >= 15 is 0 Å². The summed E-state index contributed by atoms with van der Waals surface area (Å²) in [6, 6.07) is 14.5. The van der Waals surface area contributed by atoms with Gasteiger partial charge in [0.2, 0.25) is 0 Å². The molecule has 0 saturated carbocycles. The van der Waals surface area contributed by atoms with Crippen LogP contribution in [0.3, 0.4) is 0 Å². The number of amides is 1. The van der Waals surface area contributed by atoms with Gasteiger partial charge in [-0.25, -0.2) is 13.2 Å². The first-order chi connectivity index (χ1) is 12.9. The van der Waals surface area contributed by atoms with E-state index in [1.165, 1.54) is 19.2 Å². The molecule has 1 amide bonds.